The van der Waals surface area contributed by atoms with Gasteiger partial charge >= 0.3 is 0 Å². The molecule has 0 aliphatic rings. The zero-order chi connectivity index (χ0) is 34.2. The smallest absolute Gasteiger partial charge is 0.164 e. The Balaban J connectivity index is 1.20. The van der Waals surface area contributed by atoms with Crippen molar-refractivity contribution in [2.24, 2.45) is 0 Å². The van der Waals surface area contributed by atoms with E-state index >= 15 is 0 Å². The molecule has 52 heavy (non-hydrogen) atoms. The summed E-state index contributed by atoms with van der Waals surface area (Å²) in [4.78, 5) is 20.6. The lowest BCUT2D eigenvalue weighted by Gasteiger charge is -2.13. The van der Waals surface area contributed by atoms with Crippen molar-refractivity contribution in [2.75, 3.05) is 0 Å². The van der Waals surface area contributed by atoms with Crippen LogP contribution in [0.5, 0.6) is 0 Å². The van der Waals surface area contributed by atoms with E-state index in [1.165, 1.54) is 0 Å². The van der Waals surface area contributed by atoms with E-state index in [-0.39, 0.29) is 0 Å². The van der Waals surface area contributed by atoms with Crippen LogP contribution in [0, 0.1) is 0 Å². The summed E-state index contributed by atoms with van der Waals surface area (Å²) in [6, 6.07) is 53.3. The second-order valence-corrected chi connectivity index (χ2v) is 13.0. The molecule has 0 radical (unpaired) electrons. The van der Waals surface area contributed by atoms with Crippen LogP contribution in [-0.4, -0.2) is 19.9 Å². The Bertz CT molecular complexity index is 3180. The van der Waals surface area contributed by atoms with Crippen molar-refractivity contribution < 1.29 is 8.83 Å². The van der Waals surface area contributed by atoms with E-state index in [2.05, 4.69) is 78.9 Å². The zero-order valence-electron chi connectivity index (χ0n) is 27.6. The van der Waals surface area contributed by atoms with E-state index in [1.54, 1.807) is 0 Å². The highest BCUT2D eigenvalue weighted by Crippen LogP contribution is 2.42. The van der Waals surface area contributed by atoms with Crippen molar-refractivity contribution in [1.29, 1.82) is 0 Å². The fraction of sp³-hybridized carbons (Fsp3) is 0. The van der Waals surface area contributed by atoms with Gasteiger partial charge < -0.3 is 8.83 Å². The van der Waals surface area contributed by atoms with E-state index in [1.807, 2.05) is 78.9 Å². The number of furan rings is 2. The van der Waals surface area contributed by atoms with Gasteiger partial charge in [0.25, 0.3) is 0 Å². The molecular formula is C46H26N4O2. The van der Waals surface area contributed by atoms with E-state index in [4.69, 9.17) is 28.8 Å². The third-order valence-corrected chi connectivity index (χ3v) is 9.91. The highest BCUT2D eigenvalue weighted by atomic mass is 16.3. The van der Waals surface area contributed by atoms with Crippen LogP contribution in [0.4, 0.5) is 0 Å². The van der Waals surface area contributed by atoms with Gasteiger partial charge in [-0.15, -0.1) is 0 Å². The van der Waals surface area contributed by atoms with E-state index < -0.39 is 0 Å². The number of rotatable bonds is 4. The molecule has 0 saturated carbocycles. The lowest BCUT2D eigenvalue weighted by molar-refractivity contribution is 0.668. The predicted octanol–water partition coefficient (Wildman–Crippen LogP) is 12.0. The Morgan fingerprint density at radius 1 is 0.327 bits per heavy atom. The molecule has 0 aliphatic carbocycles. The number of hydrogen-bond donors (Lipinski definition) is 0. The molecule has 0 aliphatic heterocycles. The molecule has 6 heteroatoms. The van der Waals surface area contributed by atoms with Gasteiger partial charge in [0.05, 0.1) is 11.2 Å². The number of aromatic nitrogens is 4. The van der Waals surface area contributed by atoms with Crippen LogP contribution in [0.1, 0.15) is 0 Å². The predicted molar refractivity (Wildman–Crippen MR) is 209 cm³/mol. The second kappa shape index (κ2) is 11.2. The van der Waals surface area contributed by atoms with E-state index in [0.29, 0.717) is 17.5 Å². The van der Waals surface area contributed by atoms with Gasteiger partial charge in [0.2, 0.25) is 0 Å². The van der Waals surface area contributed by atoms with E-state index in [9.17, 15) is 0 Å². The number of fused-ring (bicyclic) bond motifs is 10. The minimum Gasteiger partial charge on any atom is -0.456 e. The Hall–Kier alpha value is -7.18. The van der Waals surface area contributed by atoms with Gasteiger partial charge in [0.1, 0.15) is 22.3 Å². The summed E-state index contributed by atoms with van der Waals surface area (Å²) < 4.78 is 12.6. The first-order valence-electron chi connectivity index (χ1n) is 17.2. The first kappa shape index (κ1) is 28.6. The molecule has 0 spiro atoms. The van der Waals surface area contributed by atoms with Crippen molar-refractivity contribution in [1.82, 2.24) is 19.9 Å². The number of hydrogen-bond acceptors (Lipinski definition) is 6. The molecule has 11 aromatic rings. The highest BCUT2D eigenvalue weighted by molar-refractivity contribution is 6.28. The first-order chi connectivity index (χ1) is 25.8. The molecule has 0 unspecified atom stereocenters. The molecule has 0 saturated heterocycles. The molecule has 0 atom stereocenters. The van der Waals surface area contributed by atoms with Crippen LogP contribution >= 0.6 is 0 Å². The van der Waals surface area contributed by atoms with Gasteiger partial charge in [-0.3, -0.25) is 0 Å². The summed E-state index contributed by atoms with van der Waals surface area (Å²) >= 11 is 0. The summed E-state index contributed by atoms with van der Waals surface area (Å²) in [5, 5.41) is 7.36. The Labute approximate surface area is 296 Å². The van der Waals surface area contributed by atoms with Crippen molar-refractivity contribution in [2.45, 2.75) is 0 Å². The van der Waals surface area contributed by atoms with Gasteiger partial charge in [-0.2, -0.15) is 0 Å². The number of pyridine rings is 1. The van der Waals surface area contributed by atoms with Gasteiger partial charge in [-0.05, 0) is 36.4 Å². The summed E-state index contributed by atoms with van der Waals surface area (Å²) in [6.07, 6.45) is 0. The standard InChI is InChI=1S/C46H26N4O2/c1-3-12-27(13-4-1)43-33-24-25-39-42(32-17-8-10-20-37(32)52-39)41(33)30-23-22-29(26-35(30)47-43)45-48-44(28-14-5-2-6-15-28)49-46(50-45)34-18-11-21-38-40(34)31-16-7-9-19-36(31)51-38/h1-26H. The minimum atomic E-state index is 0.561. The van der Waals surface area contributed by atoms with Crippen LogP contribution in [0.3, 0.4) is 0 Å². The summed E-state index contributed by atoms with van der Waals surface area (Å²) in [5.41, 5.74) is 8.74. The lowest BCUT2D eigenvalue weighted by Crippen LogP contribution is -2.00. The zero-order valence-corrected chi connectivity index (χ0v) is 27.6. The van der Waals surface area contributed by atoms with Gasteiger partial charge in [0, 0.05) is 60.0 Å². The SMILES string of the molecule is c1ccc(-c2nc(-c3ccc4c(c3)nc(-c3ccccc3)c3ccc5oc6ccccc6c5c34)nc(-c3cccc4oc5ccccc5c34)n2)cc1. The Morgan fingerprint density at radius 2 is 0.904 bits per heavy atom. The molecule has 0 bridgehead atoms. The number of benzene rings is 7. The number of nitrogens with zero attached hydrogens (tertiary/aromatic N) is 4. The molecule has 0 amide bonds. The van der Waals surface area contributed by atoms with E-state index in [0.717, 1.165) is 93.5 Å². The maximum Gasteiger partial charge on any atom is 0.164 e. The van der Waals surface area contributed by atoms with Crippen LogP contribution in [-0.2, 0) is 0 Å². The highest BCUT2D eigenvalue weighted by Gasteiger charge is 2.20. The topological polar surface area (TPSA) is 77.8 Å². The quantitative estimate of drug-likeness (QED) is 0.174. The van der Waals surface area contributed by atoms with Crippen LogP contribution in [0.15, 0.2) is 167 Å². The third-order valence-electron chi connectivity index (χ3n) is 9.91. The number of para-hydroxylation sites is 2. The fourth-order valence-corrected chi connectivity index (χ4v) is 7.57. The molecule has 7 aromatic carbocycles. The second-order valence-electron chi connectivity index (χ2n) is 13.0. The Morgan fingerprint density at radius 3 is 1.65 bits per heavy atom. The normalized spacial score (nSPS) is 11.8. The molecule has 6 nitrogen and oxygen atoms in total. The van der Waals surface area contributed by atoms with Crippen molar-refractivity contribution in [3.8, 4) is 45.4 Å². The minimum absolute atomic E-state index is 0.561. The largest absolute Gasteiger partial charge is 0.456 e. The summed E-state index contributed by atoms with van der Waals surface area (Å²) in [5.74, 6) is 1.73. The fourth-order valence-electron chi connectivity index (χ4n) is 7.57. The molecule has 242 valence electrons. The summed E-state index contributed by atoms with van der Waals surface area (Å²) in [7, 11) is 0. The van der Waals surface area contributed by atoms with Crippen LogP contribution < -0.4 is 0 Å². The van der Waals surface area contributed by atoms with Crippen LogP contribution in [0.2, 0.25) is 0 Å². The Kier molecular flexibility index (Phi) is 6.15. The van der Waals surface area contributed by atoms with Crippen LogP contribution in [0.25, 0.3) is 111 Å². The van der Waals surface area contributed by atoms with Gasteiger partial charge in [-0.1, -0.05) is 121 Å². The lowest BCUT2D eigenvalue weighted by atomic mass is 9.95. The van der Waals surface area contributed by atoms with Crippen molar-refractivity contribution in [3.05, 3.63) is 158 Å². The maximum absolute atomic E-state index is 6.36. The molecule has 0 fully saturated rings. The summed E-state index contributed by atoms with van der Waals surface area (Å²) in [6.45, 7) is 0. The maximum atomic E-state index is 6.36. The molecule has 4 aromatic heterocycles. The van der Waals surface area contributed by atoms with Crippen molar-refractivity contribution >= 4 is 65.6 Å². The third kappa shape index (κ3) is 4.38. The monoisotopic (exact) mass is 666 g/mol. The average molecular weight is 667 g/mol. The molecular weight excluding hydrogens is 641 g/mol. The molecule has 4 heterocycles. The van der Waals surface area contributed by atoms with Gasteiger partial charge in [-0.25, -0.2) is 19.9 Å². The van der Waals surface area contributed by atoms with Gasteiger partial charge in [0.15, 0.2) is 17.5 Å². The first-order valence-corrected chi connectivity index (χ1v) is 17.2. The molecule has 11 rings (SSSR count). The molecule has 0 N–H and O–H groups in total. The van der Waals surface area contributed by atoms with Crippen molar-refractivity contribution in [3.63, 3.8) is 0 Å². The average Bonchev–Trinajstić information content (AvgIpc) is 3.79.